The fraction of sp³-hybridized carbons (Fsp3) is 0.0769. The molecule has 0 spiro atoms. The maximum Gasteiger partial charge on any atom is 0.0784 e. The van der Waals surface area contributed by atoms with Gasteiger partial charge in [-0.3, -0.25) is 0 Å². The number of benzene rings is 2. The van der Waals surface area contributed by atoms with Crippen LogP contribution in [-0.2, 0) is 0 Å². The molecule has 2 aromatic rings. The quantitative estimate of drug-likeness (QED) is 0.544. The predicted octanol–water partition coefficient (Wildman–Crippen LogP) is 6.28. The lowest BCUT2D eigenvalue weighted by Gasteiger charge is -2.10. The van der Waals surface area contributed by atoms with Gasteiger partial charge in [-0.25, -0.2) is 0 Å². The van der Waals surface area contributed by atoms with Crippen molar-refractivity contribution < 1.29 is 0 Å². The first kappa shape index (κ1) is 13.0. The number of halogens is 4. The van der Waals surface area contributed by atoms with Gasteiger partial charge < -0.3 is 0 Å². The first-order chi connectivity index (χ1) is 8.02. The summed E-state index contributed by atoms with van der Waals surface area (Å²) in [4.78, 5) is 0. The molecule has 0 aliphatic carbocycles. The fourth-order valence-electron chi connectivity index (χ4n) is 1.59. The third-order valence-corrected chi connectivity index (χ3v) is 4.31. The molecule has 0 aromatic heterocycles. The zero-order chi connectivity index (χ0) is 12.6. The van der Waals surface area contributed by atoms with Crippen LogP contribution in [0.5, 0.6) is 0 Å². The predicted molar refractivity (Wildman–Crippen MR) is 76.7 cm³/mol. The first-order valence-corrected chi connectivity index (χ1v) is 6.42. The second-order valence-corrected chi connectivity index (χ2v) is 5.20. The Labute approximate surface area is 120 Å². The van der Waals surface area contributed by atoms with Crippen LogP contribution in [0, 0.1) is 6.92 Å². The lowest BCUT2D eigenvalue weighted by molar-refractivity contribution is 1.46. The molecule has 0 bridgehead atoms. The summed E-state index contributed by atoms with van der Waals surface area (Å²) in [5, 5.41) is 1.88. The minimum absolute atomic E-state index is 0.350. The molecule has 0 aliphatic rings. The van der Waals surface area contributed by atoms with E-state index in [0.717, 1.165) is 16.7 Å². The van der Waals surface area contributed by atoms with Crippen molar-refractivity contribution in [3.8, 4) is 11.1 Å². The maximum absolute atomic E-state index is 6.26. The molecule has 0 aliphatic heterocycles. The van der Waals surface area contributed by atoms with E-state index < -0.39 is 0 Å². The highest BCUT2D eigenvalue weighted by atomic mass is 35.5. The van der Waals surface area contributed by atoms with Gasteiger partial charge in [-0.05, 0) is 18.6 Å². The summed E-state index contributed by atoms with van der Waals surface area (Å²) < 4.78 is 0. The van der Waals surface area contributed by atoms with Gasteiger partial charge in [-0.1, -0.05) is 70.7 Å². The van der Waals surface area contributed by atoms with Crippen LogP contribution in [0.3, 0.4) is 0 Å². The van der Waals surface area contributed by atoms with Crippen molar-refractivity contribution in [2.24, 2.45) is 0 Å². The third-order valence-electron chi connectivity index (χ3n) is 2.52. The van der Waals surface area contributed by atoms with Crippen molar-refractivity contribution in [2.45, 2.75) is 6.92 Å². The van der Waals surface area contributed by atoms with Gasteiger partial charge in [0.1, 0.15) is 0 Å². The van der Waals surface area contributed by atoms with Gasteiger partial charge in [0.2, 0.25) is 0 Å². The van der Waals surface area contributed by atoms with Gasteiger partial charge in [-0.2, -0.15) is 0 Å². The summed E-state index contributed by atoms with van der Waals surface area (Å²) in [6, 6.07) is 9.30. The molecule has 0 nitrogen and oxygen atoms in total. The molecule has 17 heavy (non-hydrogen) atoms. The lowest BCUT2D eigenvalue weighted by Crippen LogP contribution is -1.85. The van der Waals surface area contributed by atoms with E-state index in [4.69, 9.17) is 46.4 Å². The van der Waals surface area contributed by atoms with Gasteiger partial charge in [0.05, 0.1) is 20.1 Å². The average molecular weight is 306 g/mol. The molecule has 2 rings (SSSR count). The smallest absolute Gasteiger partial charge is 0.0784 e. The molecule has 4 heteroatoms. The van der Waals surface area contributed by atoms with Crippen LogP contribution in [0.15, 0.2) is 30.3 Å². The molecule has 0 saturated carbocycles. The molecule has 0 heterocycles. The second-order valence-electron chi connectivity index (χ2n) is 3.66. The van der Waals surface area contributed by atoms with E-state index in [0.29, 0.717) is 20.1 Å². The van der Waals surface area contributed by atoms with Crippen molar-refractivity contribution in [1.82, 2.24) is 0 Å². The average Bonchev–Trinajstić information content (AvgIpc) is 2.31. The Balaban J connectivity index is 2.69. The van der Waals surface area contributed by atoms with Crippen LogP contribution >= 0.6 is 46.4 Å². The molecule has 88 valence electrons. The summed E-state index contributed by atoms with van der Waals surface area (Å²) in [5.74, 6) is 0. The highest BCUT2D eigenvalue weighted by Crippen LogP contribution is 2.40. The Bertz CT molecular complexity index is 576. The monoisotopic (exact) mass is 304 g/mol. The number of hydrogen-bond donors (Lipinski definition) is 0. The van der Waals surface area contributed by atoms with Crippen LogP contribution in [-0.4, -0.2) is 0 Å². The highest BCUT2D eigenvalue weighted by molar-refractivity contribution is 6.49. The molecular weight excluding hydrogens is 298 g/mol. The number of hydrogen-bond acceptors (Lipinski definition) is 0. The van der Waals surface area contributed by atoms with Crippen LogP contribution in [0.2, 0.25) is 20.1 Å². The normalized spacial score (nSPS) is 10.6. The maximum atomic E-state index is 6.26. The van der Waals surface area contributed by atoms with E-state index >= 15 is 0 Å². The number of rotatable bonds is 1. The Morgan fingerprint density at radius 3 is 2.06 bits per heavy atom. The summed E-state index contributed by atoms with van der Waals surface area (Å²) in [5.41, 5.74) is 2.64. The van der Waals surface area contributed by atoms with Crippen LogP contribution in [0.1, 0.15) is 5.56 Å². The SMILES string of the molecule is Cc1cccc(-c2ccc(Cl)c(Cl)c2Cl)c1Cl. The van der Waals surface area contributed by atoms with Gasteiger partial charge in [0, 0.05) is 11.1 Å². The molecule has 0 amide bonds. The summed E-state index contributed by atoms with van der Waals surface area (Å²) in [6.07, 6.45) is 0. The zero-order valence-corrected chi connectivity index (χ0v) is 11.9. The molecule has 0 unspecified atom stereocenters. The lowest BCUT2D eigenvalue weighted by atomic mass is 10.0. The molecule has 0 fully saturated rings. The zero-order valence-electron chi connectivity index (χ0n) is 8.90. The van der Waals surface area contributed by atoms with E-state index in [-0.39, 0.29) is 0 Å². The van der Waals surface area contributed by atoms with Crippen molar-refractivity contribution >= 4 is 46.4 Å². The molecule has 2 aromatic carbocycles. The highest BCUT2D eigenvalue weighted by Gasteiger charge is 2.13. The van der Waals surface area contributed by atoms with Crippen LogP contribution < -0.4 is 0 Å². The molecular formula is C13H8Cl4. The summed E-state index contributed by atoms with van der Waals surface area (Å²) in [6.45, 7) is 1.94. The van der Waals surface area contributed by atoms with Crippen molar-refractivity contribution in [3.05, 3.63) is 56.0 Å². The summed E-state index contributed by atoms with van der Waals surface area (Å²) >= 11 is 24.4. The van der Waals surface area contributed by atoms with Gasteiger partial charge in [0.15, 0.2) is 0 Å². The molecule has 0 saturated heterocycles. The molecule has 0 atom stereocenters. The van der Waals surface area contributed by atoms with Crippen molar-refractivity contribution in [3.63, 3.8) is 0 Å². The minimum atomic E-state index is 0.350. The van der Waals surface area contributed by atoms with E-state index in [1.807, 2.05) is 31.2 Å². The minimum Gasteiger partial charge on any atom is -0.0834 e. The van der Waals surface area contributed by atoms with E-state index in [1.165, 1.54) is 0 Å². The van der Waals surface area contributed by atoms with Crippen LogP contribution in [0.4, 0.5) is 0 Å². The first-order valence-electron chi connectivity index (χ1n) is 4.91. The van der Waals surface area contributed by atoms with Crippen LogP contribution in [0.25, 0.3) is 11.1 Å². The van der Waals surface area contributed by atoms with Crippen molar-refractivity contribution in [2.75, 3.05) is 0 Å². The molecule has 0 N–H and O–H groups in total. The van der Waals surface area contributed by atoms with E-state index in [9.17, 15) is 0 Å². The number of aryl methyl sites for hydroxylation is 1. The molecule has 0 radical (unpaired) electrons. The standard InChI is InChI=1S/C13H8Cl4/c1-7-3-2-4-8(11(7)15)9-5-6-10(14)13(17)12(9)16/h2-6H,1H3. The van der Waals surface area contributed by atoms with Gasteiger partial charge >= 0.3 is 0 Å². The third kappa shape index (κ3) is 2.41. The fourth-order valence-corrected chi connectivity index (χ4v) is 2.45. The largest absolute Gasteiger partial charge is 0.0834 e. The van der Waals surface area contributed by atoms with Gasteiger partial charge in [-0.15, -0.1) is 0 Å². The Morgan fingerprint density at radius 2 is 1.35 bits per heavy atom. The summed E-state index contributed by atoms with van der Waals surface area (Å²) in [7, 11) is 0. The Kier molecular flexibility index (Phi) is 3.89. The van der Waals surface area contributed by atoms with Crippen molar-refractivity contribution in [1.29, 1.82) is 0 Å². The Hall–Kier alpha value is -0.400. The van der Waals surface area contributed by atoms with E-state index in [1.54, 1.807) is 6.07 Å². The Morgan fingerprint density at radius 1 is 0.706 bits per heavy atom. The van der Waals surface area contributed by atoms with Gasteiger partial charge in [0.25, 0.3) is 0 Å². The van der Waals surface area contributed by atoms with E-state index in [2.05, 4.69) is 0 Å². The topological polar surface area (TPSA) is 0 Å². The second kappa shape index (κ2) is 5.07.